The highest BCUT2D eigenvalue weighted by molar-refractivity contribution is 5.43. The number of ether oxygens (including phenoxy) is 2. The lowest BCUT2D eigenvalue weighted by atomic mass is 9.77. The molecule has 0 heterocycles. The van der Waals surface area contributed by atoms with Gasteiger partial charge in [0.1, 0.15) is 11.5 Å². The Kier molecular flexibility index (Phi) is 4.32. The van der Waals surface area contributed by atoms with Gasteiger partial charge in [0.25, 0.3) is 0 Å². The molecular formula is C15H24N2O2. The summed E-state index contributed by atoms with van der Waals surface area (Å²) in [5.74, 6) is 7.46. The second-order valence-electron chi connectivity index (χ2n) is 5.57. The van der Waals surface area contributed by atoms with Gasteiger partial charge in [-0.1, -0.05) is 19.8 Å². The highest BCUT2D eigenvalue weighted by Crippen LogP contribution is 2.48. The molecule has 1 aromatic rings. The summed E-state index contributed by atoms with van der Waals surface area (Å²) in [6.07, 6.45) is 4.93. The molecule has 4 heteroatoms. The molecule has 1 aliphatic rings. The standard InChI is InChI=1S/C15H24N2O2/c1-15(8-4-5-9-15)14(17-16)12-7-6-11(18-2)10-13(12)19-3/h6-7,10,14,17H,4-5,8-9,16H2,1-3H3. The normalized spacial score (nSPS) is 19.2. The van der Waals surface area contributed by atoms with E-state index in [2.05, 4.69) is 12.3 Å². The molecular weight excluding hydrogens is 240 g/mol. The zero-order valence-corrected chi connectivity index (χ0v) is 12.0. The lowest BCUT2D eigenvalue weighted by Crippen LogP contribution is -2.38. The van der Waals surface area contributed by atoms with Gasteiger partial charge in [0.2, 0.25) is 0 Å². The van der Waals surface area contributed by atoms with Crippen molar-refractivity contribution in [3.05, 3.63) is 23.8 Å². The van der Waals surface area contributed by atoms with Crippen LogP contribution in [0.15, 0.2) is 18.2 Å². The van der Waals surface area contributed by atoms with Crippen LogP contribution in [0.2, 0.25) is 0 Å². The second kappa shape index (κ2) is 5.80. The van der Waals surface area contributed by atoms with Gasteiger partial charge < -0.3 is 9.47 Å². The largest absolute Gasteiger partial charge is 0.497 e. The molecule has 1 unspecified atom stereocenters. The fraction of sp³-hybridized carbons (Fsp3) is 0.600. The van der Waals surface area contributed by atoms with E-state index in [9.17, 15) is 0 Å². The molecule has 106 valence electrons. The molecule has 2 rings (SSSR count). The maximum atomic E-state index is 5.83. The number of methoxy groups -OCH3 is 2. The Bertz CT molecular complexity index is 428. The monoisotopic (exact) mass is 264 g/mol. The van der Waals surface area contributed by atoms with Crippen LogP contribution in [0.25, 0.3) is 0 Å². The van der Waals surface area contributed by atoms with Gasteiger partial charge in [0.15, 0.2) is 0 Å². The van der Waals surface area contributed by atoms with Crippen molar-refractivity contribution < 1.29 is 9.47 Å². The molecule has 1 atom stereocenters. The molecule has 0 saturated heterocycles. The zero-order valence-electron chi connectivity index (χ0n) is 12.0. The molecule has 19 heavy (non-hydrogen) atoms. The summed E-state index contributed by atoms with van der Waals surface area (Å²) in [6, 6.07) is 6.03. The Hall–Kier alpha value is -1.26. The van der Waals surface area contributed by atoms with Gasteiger partial charge >= 0.3 is 0 Å². The number of nitrogens with two attached hydrogens (primary N) is 1. The molecule has 0 amide bonds. The Balaban J connectivity index is 2.37. The predicted octanol–water partition coefficient (Wildman–Crippen LogP) is 2.79. The van der Waals surface area contributed by atoms with Gasteiger partial charge in [0, 0.05) is 11.6 Å². The molecule has 3 N–H and O–H groups in total. The number of hydrogen-bond donors (Lipinski definition) is 2. The lowest BCUT2D eigenvalue weighted by Gasteiger charge is -2.34. The molecule has 0 spiro atoms. The highest BCUT2D eigenvalue weighted by atomic mass is 16.5. The molecule has 0 bridgehead atoms. The Morgan fingerprint density at radius 1 is 1.21 bits per heavy atom. The highest BCUT2D eigenvalue weighted by Gasteiger charge is 2.38. The maximum Gasteiger partial charge on any atom is 0.127 e. The van der Waals surface area contributed by atoms with Crippen molar-refractivity contribution in [2.45, 2.75) is 38.6 Å². The third-order valence-corrected chi connectivity index (χ3v) is 4.36. The third kappa shape index (κ3) is 2.69. The fourth-order valence-electron chi connectivity index (χ4n) is 3.19. The van der Waals surface area contributed by atoms with E-state index in [1.807, 2.05) is 18.2 Å². The summed E-state index contributed by atoms with van der Waals surface area (Å²) < 4.78 is 10.7. The molecule has 0 aliphatic heterocycles. The van der Waals surface area contributed by atoms with Gasteiger partial charge in [-0.15, -0.1) is 0 Å². The van der Waals surface area contributed by atoms with Gasteiger partial charge in [-0.05, 0) is 30.4 Å². The average Bonchev–Trinajstić information content (AvgIpc) is 2.87. The van der Waals surface area contributed by atoms with E-state index in [0.29, 0.717) is 0 Å². The fourth-order valence-corrected chi connectivity index (χ4v) is 3.19. The summed E-state index contributed by atoms with van der Waals surface area (Å²) in [5.41, 5.74) is 4.29. The van der Waals surface area contributed by atoms with Crippen LogP contribution in [0.5, 0.6) is 11.5 Å². The van der Waals surface area contributed by atoms with Crippen LogP contribution < -0.4 is 20.7 Å². The van der Waals surface area contributed by atoms with E-state index in [1.54, 1.807) is 14.2 Å². The van der Waals surface area contributed by atoms with Crippen molar-refractivity contribution in [3.8, 4) is 11.5 Å². The Labute approximate surface area is 115 Å². The first kappa shape index (κ1) is 14.2. The minimum absolute atomic E-state index is 0.107. The number of benzene rings is 1. The molecule has 0 aromatic heterocycles. The first-order valence-corrected chi connectivity index (χ1v) is 6.82. The van der Waals surface area contributed by atoms with Crippen molar-refractivity contribution in [2.75, 3.05) is 14.2 Å². The van der Waals surface area contributed by atoms with E-state index in [-0.39, 0.29) is 11.5 Å². The topological polar surface area (TPSA) is 56.5 Å². The Morgan fingerprint density at radius 3 is 2.42 bits per heavy atom. The molecule has 0 radical (unpaired) electrons. The van der Waals surface area contributed by atoms with Crippen LogP contribution in [0.4, 0.5) is 0 Å². The van der Waals surface area contributed by atoms with Crippen LogP contribution in [-0.2, 0) is 0 Å². The Morgan fingerprint density at radius 2 is 1.89 bits per heavy atom. The van der Waals surface area contributed by atoms with Gasteiger partial charge in [-0.2, -0.15) is 0 Å². The summed E-state index contributed by atoms with van der Waals surface area (Å²) in [7, 11) is 3.34. The predicted molar refractivity (Wildman–Crippen MR) is 76.2 cm³/mol. The number of hydrogen-bond acceptors (Lipinski definition) is 4. The van der Waals surface area contributed by atoms with E-state index >= 15 is 0 Å². The smallest absolute Gasteiger partial charge is 0.127 e. The van der Waals surface area contributed by atoms with Crippen molar-refractivity contribution >= 4 is 0 Å². The number of rotatable bonds is 5. The molecule has 4 nitrogen and oxygen atoms in total. The first-order chi connectivity index (χ1) is 9.14. The van der Waals surface area contributed by atoms with E-state index in [1.165, 1.54) is 25.7 Å². The number of hydrazine groups is 1. The summed E-state index contributed by atoms with van der Waals surface area (Å²) >= 11 is 0. The first-order valence-electron chi connectivity index (χ1n) is 6.82. The molecule has 1 aromatic carbocycles. The minimum Gasteiger partial charge on any atom is -0.497 e. The van der Waals surface area contributed by atoms with Gasteiger partial charge in [-0.25, -0.2) is 0 Å². The summed E-state index contributed by atoms with van der Waals surface area (Å²) in [6.45, 7) is 2.30. The van der Waals surface area contributed by atoms with Crippen LogP contribution >= 0.6 is 0 Å². The van der Waals surface area contributed by atoms with Crippen LogP contribution in [-0.4, -0.2) is 14.2 Å². The number of nitrogens with one attached hydrogen (secondary N) is 1. The van der Waals surface area contributed by atoms with E-state index in [4.69, 9.17) is 15.3 Å². The second-order valence-corrected chi connectivity index (χ2v) is 5.57. The third-order valence-electron chi connectivity index (χ3n) is 4.36. The summed E-state index contributed by atoms with van der Waals surface area (Å²) in [4.78, 5) is 0. The molecule has 1 saturated carbocycles. The van der Waals surface area contributed by atoms with Gasteiger partial charge in [-0.3, -0.25) is 11.3 Å². The lowest BCUT2D eigenvalue weighted by molar-refractivity contribution is 0.219. The SMILES string of the molecule is COc1ccc(C(NN)C2(C)CCCC2)c(OC)c1. The quantitative estimate of drug-likeness (QED) is 0.634. The molecule has 1 fully saturated rings. The van der Waals surface area contributed by atoms with Crippen molar-refractivity contribution in [2.24, 2.45) is 11.3 Å². The maximum absolute atomic E-state index is 5.83. The minimum atomic E-state index is 0.107. The van der Waals surface area contributed by atoms with E-state index < -0.39 is 0 Å². The van der Waals surface area contributed by atoms with Crippen LogP contribution in [0, 0.1) is 5.41 Å². The summed E-state index contributed by atoms with van der Waals surface area (Å²) in [5, 5.41) is 0. The van der Waals surface area contributed by atoms with Crippen molar-refractivity contribution in [3.63, 3.8) is 0 Å². The zero-order chi connectivity index (χ0) is 13.9. The van der Waals surface area contributed by atoms with Crippen molar-refractivity contribution in [1.82, 2.24) is 5.43 Å². The van der Waals surface area contributed by atoms with Crippen LogP contribution in [0.3, 0.4) is 0 Å². The van der Waals surface area contributed by atoms with Gasteiger partial charge in [0.05, 0.1) is 20.3 Å². The van der Waals surface area contributed by atoms with E-state index in [0.717, 1.165) is 17.1 Å². The van der Waals surface area contributed by atoms with Crippen molar-refractivity contribution in [1.29, 1.82) is 0 Å². The van der Waals surface area contributed by atoms with Crippen LogP contribution in [0.1, 0.15) is 44.2 Å². The average molecular weight is 264 g/mol. The molecule has 1 aliphatic carbocycles.